The van der Waals surface area contributed by atoms with Gasteiger partial charge in [0.05, 0.1) is 137 Å². The molecular formula is C42H67Cl2N9O14P+. The Morgan fingerprint density at radius 2 is 1.53 bits per heavy atom. The van der Waals surface area contributed by atoms with Crippen LogP contribution in [0.5, 0.6) is 0 Å². The van der Waals surface area contributed by atoms with Crippen molar-refractivity contribution in [1.82, 2.24) is 25.0 Å². The molecule has 1 aromatic carbocycles. The van der Waals surface area contributed by atoms with E-state index in [4.69, 9.17) is 86.5 Å². The Morgan fingerprint density at radius 3 is 2.13 bits per heavy atom. The standard InChI is InChI=1S/C42H66Cl2N9O14P/c1-57-32-42(31-54,68(55)56)66-30-35-6-7-38(67-35)47-39-36(26-46)40(49-41(44)48-39)52(27-33-4-2-3-5-37(33)43)9-12-59-15-18-62-22-23-64-24-25-65-29-34-28-53(51-50-34)10-13-60-16-19-63-21-20-61-17-14-58-11-8-45/h2-5,26,28,35,38,46,54H,6-25,27,29-32,45H2,1H3,(H-,47,48,49,55,56)/p+1. The van der Waals surface area contributed by atoms with Crippen LogP contribution in [0.1, 0.15) is 29.7 Å². The van der Waals surface area contributed by atoms with E-state index in [2.05, 4.69) is 25.6 Å². The Kier molecular flexibility index (Phi) is 28.9. The number of nitrogens with two attached hydrogens (primary N) is 1. The summed E-state index contributed by atoms with van der Waals surface area (Å²) in [5.41, 5.74) is 7.25. The molecule has 1 aliphatic heterocycles. The van der Waals surface area contributed by atoms with Crippen molar-refractivity contribution in [2.24, 2.45) is 5.73 Å². The normalized spacial score (nSPS) is 16.0. The highest BCUT2D eigenvalue weighted by Gasteiger charge is 2.51. The first-order chi connectivity index (χ1) is 33.2. The zero-order valence-corrected chi connectivity index (χ0v) is 41.0. The van der Waals surface area contributed by atoms with Crippen LogP contribution in [-0.2, 0) is 76.4 Å². The molecule has 68 heavy (non-hydrogen) atoms. The Balaban J connectivity index is 1.10. The SMILES string of the molecule is COCC(CO)(OCC1CCC(Nc2nc(Cl)nc(N(CCOCCOCCOCCOCc3cn(CCOCCOCCOCCOCCN)nn3)Cc3ccccc3Cl)c2C=N)O1)[P+](=O)O. The lowest BCUT2D eigenvalue weighted by Gasteiger charge is -2.27. The van der Waals surface area contributed by atoms with Crippen molar-refractivity contribution >= 4 is 49.1 Å². The molecule has 1 aliphatic rings. The first-order valence-electron chi connectivity index (χ1n) is 22.3. The fourth-order valence-electron chi connectivity index (χ4n) is 6.40. The van der Waals surface area contributed by atoms with Crippen molar-refractivity contribution in [3.05, 3.63) is 57.6 Å². The number of benzene rings is 1. The molecule has 4 unspecified atom stereocenters. The van der Waals surface area contributed by atoms with Gasteiger partial charge in [-0.05, 0) is 40.6 Å². The van der Waals surface area contributed by atoms with Crippen LogP contribution in [0.4, 0.5) is 11.6 Å². The second-order valence-corrected chi connectivity index (χ2v) is 17.0. The van der Waals surface area contributed by atoms with Gasteiger partial charge in [-0.25, -0.2) is 4.68 Å². The van der Waals surface area contributed by atoms with Crippen LogP contribution in [0.15, 0.2) is 30.5 Å². The summed E-state index contributed by atoms with van der Waals surface area (Å²) in [5.74, 6) is 0.656. The average molecular weight is 1020 g/mol. The van der Waals surface area contributed by atoms with E-state index in [-0.39, 0.29) is 30.9 Å². The predicted molar refractivity (Wildman–Crippen MR) is 251 cm³/mol. The molecule has 1 fully saturated rings. The van der Waals surface area contributed by atoms with Crippen molar-refractivity contribution in [2.75, 3.05) is 149 Å². The molecule has 4 rings (SSSR count). The number of aliphatic hydroxyl groups is 1. The van der Waals surface area contributed by atoms with E-state index >= 15 is 0 Å². The third-order valence-corrected chi connectivity index (χ3v) is 11.5. The maximum atomic E-state index is 12.0. The van der Waals surface area contributed by atoms with Gasteiger partial charge in [-0.15, -0.1) is 5.10 Å². The molecule has 382 valence electrons. The van der Waals surface area contributed by atoms with E-state index in [9.17, 15) is 14.6 Å². The Morgan fingerprint density at radius 1 is 0.912 bits per heavy atom. The number of aliphatic hydroxyl groups excluding tert-OH is 1. The summed E-state index contributed by atoms with van der Waals surface area (Å²) in [6.45, 7) is 7.49. The average Bonchev–Trinajstić information content (AvgIpc) is 3.99. The number of halogens is 2. The minimum absolute atomic E-state index is 0.0573. The number of hydrogen-bond donors (Lipinski definition) is 5. The number of anilines is 2. The number of nitrogens with one attached hydrogen (secondary N) is 2. The molecule has 0 spiro atoms. The van der Waals surface area contributed by atoms with Gasteiger partial charge in [0.25, 0.3) is 0 Å². The van der Waals surface area contributed by atoms with Crippen LogP contribution in [0.3, 0.4) is 0 Å². The molecule has 3 heterocycles. The van der Waals surface area contributed by atoms with Gasteiger partial charge in [0.2, 0.25) is 5.28 Å². The molecule has 0 amide bonds. The maximum Gasteiger partial charge on any atom is 0.546 e. The van der Waals surface area contributed by atoms with Crippen LogP contribution in [0.25, 0.3) is 0 Å². The summed E-state index contributed by atoms with van der Waals surface area (Å²) in [5, 5.41) is 28.3. The summed E-state index contributed by atoms with van der Waals surface area (Å²) in [6, 6.07) is 7.42. The number of hydrogen-bond acceptors (Lipinski definition) is 21. The molecule has 0 bridgehead atoms. The molecule has 26 heteroatoms. The van der Waals surface area contributed by atoms with E-state index in [0.717, 1.165) is 11.8 Å². The molecule has 3 aromatic rings. The smallest absolute Gasteiger partial charge is 0.388 e. The van der Waals surface area contributed by atoms with Gasteiger partial charge in [0.1, 0.15) is 36.8 Å². The Labute approximate surface area is 407 Å². The van der Waals surface area contributed by atoms with E-state index in [1.807, 2.05) is 29.3 Å². The van der Waals surface area contributed by atoms with Crippen molar-refractivity contribution in [3.63, 3.8) is 0 Å². The van der Waals surface area contributed by atoms with Gasteiger partial charge in [0.15, 0.2) is 0 Å². The molecule has 4 atom stereocenters. The van der Waals surface area contributed by atoms with Gasteiger partial charge in [-0.1, -0.05) is 35.0 Å². The lowest BCUT2D eigenvalue weighted by Crippen LogP contribution is -2.40. The third kappa shape index (κ3) is 21.4. The van der Waals surface area contributed by atoms with Gasteiger partial charge < -0.3 is 78.6 Å². The van der Waals surface area contributed by atoms with Crippen molar-refractivity contribution in [2.45, 2.75) is 50.2 Å². The van der Waals surface area contributed by atoms with Crippen LogP contribution in [0, 0.1) is 5.41 Å². The topological polar surface area (TPSA) is 281 Å². The largest absolute Gasteiger partial charge is 0.546 e. The molecule has 23 nitrogen and oxygen atoms in total. The lowest BCUT2D eigenvalue weighted by atomic mass is 10.2. The number of methoxy groups -OCH3 is 1. The van der Waals surface area contributed by atoms with Crippen molar-refractivity contribution in [1.29, 1.82) is 5.41 Å². The Bertz CT molecular complexity index is 1870. The van der Waals surface area contributed by atoms with Crippen LogP contribution in [0.2, 0.25) is 10.3 Å². The zero-order chi connectivity index (χ0) is 48.7. The van der Waals surface area contributed by atoms with Gasteiger partial charge in [-0.2, -0.15) is 14.9 Å². The fourth-order valence-corrected chi connectivity index (χ4v) is 7.31. The highest BCUT2D eigenvalue weighted by molar-refractivity contribution is 7.39. The van der Waals surface area contributed by atoms with Crippen molar-refractivity contribution < 1.29 is 66.7 Å². The van der Waals surface area contributed by atoms with E-state index in [0.29, 0.717) is 160 Å². The van der Waals surface area contributed by atoms with Gasteiger partial charge in [-0.3, -0.25) is 0 Å². The second-order valence-electron chi connectivity index (χ2n) is 14.9. The van der Waals surface area contributed by atoms with Crippen LogP contribution < -0.4 is 16.0 Å². The first-order valence-corrected chi connectivity index (χ1v) is 24.3. The maximum absolute atomic E-state index is 12.0. The summed E-state index contributed by atoms with van der Waals surface area (Å²) >= 11 is 13.0. The quantitative estimate of drug-likeness (QED) is 0.0236. The monoisotopic (exact) mass is 1020 g/mol. The highest BCUT2D eigenvalue weighted by Crippen LogP contribution is 2.37. The predicted octanol–water partition coefficient (Wildman–Crippen LogP) is 2.67. The van der Waals surface area contributed by atoms with E-state index in [1.165, 1.54) is 7.11 Å². The number of aromatic nitrogens is 5. The summed E-state index contributed by atoms with van der Waals surface area (Å²) in [6.07, 6.45) is 3.00. The molecule has 2 aromatic heterocycles. The lowest BCUT2D eigenvalue weighted by molar-refractivity contribution is -0.0980. The number of ether oxygens (including phenoxy) is 11. The van der Waals surface area contributed by atoms with Gasteiger partial charge in [0, 0.05) is 38.0 Å². The van der Waals surface area contributed by atoms with E-state index < -0.39 is 32.3 Å². The third-order valence-electron chi connectivity index (χ3n) is 9.87. The van der Waals surface area contributed by atoms with Crippen LogP contribution in [-0.4, -0.2) is 198 Å². The molecule has 0 aliphatic carbocycles. The second kappa shape index (κ2) is 34.2. The Hall–Kier alpha value is -3.17. The first kappa shape index (κ1) is 57.4. The van der Waals surface area contributed by atoms with E-state index in [1.54, 1.807) is 10.7 Å². The van der Waals surface area contributed by atoms with Crippen molar-refractivity contribution in [3.8, 4) is 0 Å². The van der Waals surface area contributed by atoms with Crippen LogP contribution >= 0.6 is 31.2 Å². The molecule has 6 N–H and O–H groups in total. The molecule has 1 saturated heterocycles. The minimum Gasteiger partial charge on any atom is -0.388 e. The summed E-state index contributed by atoms with van der Waals surface area (Å²) < 4.78 is 75.1. The summed E-state index contributed by atoms with van der Waals surface area (Å²) in [4.78, 5) is 20.6. The molecule has 0 radical (unpaired) electrons. The zero-order valence-electron chi connectivity index (χ0n) is 38.6. The number of nitrogens with zero attached hydrogens (tertiary/aromatic N) is 6. The highest BCUT2D eigenvalue weighted by atomic mass is 35.5. The number of rotatable bonds is 41. The molecule has 0 saturated carbocycles. The minimum atomic E-state index is -2.91. The van der Waals surface area contributed by atoms with Gasteiger partial charge >= 0.3 is 13.4 Å². The molecular weight excluding hydrogens is 956 g/mol. The fraction of sp³-hybridized carbons (Fsp3) is 0.690. The summed E-state index contributed by atoms with van der Waals surface area (Å²) in [7, 11) is -1.56.